The molecule has 0 aliphatic heterocycles. The SMILES string of the molecule is [CH2-]CCCCl.[Na+]. The molecule has 32 valence electrons. The van der Waals surface area contributed by atoms with Crippen LogP contribution in [0.5, 0.6) is 0 Å². The molecule has 0 radical (unpaired) electrons. The number of rotatable bonds is 2. The topological polar surface area (TPSA) is 0 Å². The third-order valence-corrected chi connectivity index (χ3v) is 0.651. The van der Waals surface area contributed by atoms with Crippen molar-refractivity contribution in [1.82, 2.24) is 0 Å². The van der Waals surface area contributed by atoms with E-state index in [0.29, 0.717) is 0 Å². The summed E-state index contributed by atoms with van der Waals surface area (Å²) >= 11 is 5.26. The average Bonchev–Trinajstić information content (AvgIpc) is 1.41. The standard InChI is InChI=1S/C4H8Cl.Na/c1-2-3-4-5;/h1-4H2;/q-1;+1. The molecule has 0 atom stereocenters. The largest absolute Gasteiger partial charge is 1.00 e. The Morgan fingerprint density at radius 1 is 1.50 bits per heavy atom. The Morgan fingerprint density at radius 3 is 2.00 bits per heavy atom. The fraction of sp³-hybridized carbons (Fsp3) is 0.750. The first-order valence-electron chi connectivity index (χ1n) is 1.77. The van der Waals surface area contributed by atoms with E-state index in [0.717, 1.165) is 18.7 Å². The second-order valence-electron chi connectivity index (χ2n) is 0.896. The van der Waals surface area contributed by atoms with Gasteiger partial charge in [-0.2, -0.15) is 6.42 Å². The maximum absolute atomic E-state index is 5.26. The summed E-state index contributed by atoms with van der Waals surface area (Å²) in [4.78, 5) is 0. The predicted molar refractivity (Wildman–Crippen MR) is 25.3 cm³/mol. The first kappa shape index (κ1) is 10.3. The van der Waals surface area contributed by atoms with E-state index in [2.05, 4.69) is 6.92 Å². The molecule has 0 saturated heterocycles. The minimum atomic E-state index is 0. The predicted octanol–water partition coefficient (Wildman–Crippen LogP) is -1.16. The molecule has 0 bridgehead atoms. The van der Waals surface area contributed by atoms with Crippen LogP contribution >= 0.6 is 11.6 Å². The van der Waals surface area contributed by atoms with Gasteiger partial charge in [-0.05, 0) is 0 Å². The van der Waals surface area contributed by atoms with Crippen molar-refractivity contribution in [3.63, 3.8) is 0 Å². The minimum Gasteiger partial charge on any atom is -0.343 e. The van der Waals surface area contributed by atoms with Crippen molar-refractivity contribution >= 4 is 11.6 Å². The Hall–Kier alpha value is 1.29. The van der Waals surface area contributed by atoms with Gasteiger partial charge in [0.2, 0.25) is 0 Å². The van der Waals surface area contributed by atoms with Crippen LogP contribution < -0.4 is 29.6 Å². The van der Waals surface area contributed by atoms with Crippen LogP contribution in [0.25, 0.3) is 0 Å². The smallest absolute Gasteiger partial charge is 0.343 e. The van der Waals surface area contributed by atoms with Crippen molar-refractivity contribution < 1.29 is 29.6 Å². The van der Waals surface area contributed by atoms with Gasteiger partial charge in [-0.3, -0.25) is 0 Å². The molecule has 0 aromatic heterocycles. The van der Waals surface area contributed by atoms with Crippen molar-refractivity contribution in [2.75, 3.05) is 5.88 Å². The van der Waals surface area contributed by atoms with Crippen molar-refractivity contribution in [1.29, 1.82) is 0 Å². The normalized spacial score (nSPS) is 7.00. The fourth-order valence-corrected chi connectivity index (χ4v) is 0.283. The first-order chi connectivity index (χ1) is 2.41. The number of hydrogen-bond donors (Lipinski definition) is 0. The number of halogens is 1. The molecule has 6 heavy (non-hydrogen) atoms. The van der Waals surface area contributed by atoms with Crippen molar-refractivity contribution in [2.24, 2.45) is 0 Å². The number of alkyl halides is 1. The minimum absolute atomic E-state index is 0. The van der Waals surface area contributed by atoms with Crippen molar-refractivity contribution in [3.05, 3.63) is 6.92 Å². The van der Waals surface area contributed by atoms with E-state index < -0.39 is 0 Å². The van der Waals surface area contributed by atoms with Gasteiger partial charge in [-0.25, -0.2) is 0 Å². The van der Waals surface area contributed by atoms with Crippen LogP contribution in [0, 0.1) is 6.92 Å². The zero-order valence-corrected chi connectivity index (χ0v) is 6.96. The Morgan fingerprint density at radius 2 is 2.00 bits per heavy atom. The molecule has 0 saturated carbocycles. The summed E-state index contributed by atoms with van der Waals surface area (Å²) in [7, 11) is 0. The summed E-state index contributed by atoms with van der Waals surface area (Å²) in [5, 5.41) is 0. The van der Waals surface area contributed by atoms with Crippen LogP contribution in [-0.2, 0) is 0 Å². The van der Waals surface area contributed by atoms with Crippen LogP contribution in [0.4, 0.5) is 0 Å². The van der Waals surface area contributed by atoms with Gasteiger partial charge in [0.15, 0.2) is 0 Å². The molecular formula is C4H8ClNa. The van der Waals surface area contributed by atoms with Gasteiger partial charge < -0.3 is 6.92 Å². The van der Waals surface area contributed by atoms with Gasteiger partial charge in [0, 0.05) is 5.88 Å². The molecule has 2 heteroatoms. The zero-order valence-electron chi connectivity index (χ0n) is 4.21. The molecule has 0 heterocycles. The first-order valence-corrected chi connectivity index (χ1v) is 2.30. The monoisotopic (exact) mass is 114 g/mol. The van der Waals surface area contributed by atoms with E-state index >= 15 is 0 Å². The van der Waals surface area contributed by atoms with Crippen LogP contribution in [0.2, 0.25) is 0 Å². The summed E-state index contributed by atoms with van der Waals surface area (Å²) in [5.41, 5.74) is 0. The van der Waals surface area contributed by atoms with E-state index in [9.17, 15) is 0 Å². The third-order valence-electron chi connectivity index (χ3n) is 0.384. The van der Waals surface area contributed by atoms with E-state index in [1.807, 2.05) is 0 Å². The fourth-order valence-electron chi connectivity index (χ4n) is 0.0945. The van der Waals surface area contributed by atoms with Crippen LogP contribution in [0.1, 0.15) is 12.8 Å². The summed E-state index contributed by atoms with van der Waals surface area (Å²) in [6, 6.07) is 0. The van der Waals surface area contributed by atoms with Crippen LogP contribution in [0.15, 0.2) is 0 Å². The molecular weight excluding hydrogens is 106 g/mol. The number of unbranched alkanes of at least 4 members (excludes halogenated alkanes) is 1. The van der Waals surface area contributed by atoms with Crippen molar-refractivity contribution in [2.45, 2.75) is 12.8 Å². The quantitative estimate of drug-likeness (QED) is 0.242. The molecule has 0 aliphatic carbocycles. The second-order valence-corrected chi connectivity index (χ2v) is 1.27. The Balaban J connectivity index is 0. The Kier molecular flexibility index (Phi) is 16.4. The van der Waals surface area contributed by atoms with Gasteiger partial charge in [-0.15, -0.1) is 11.6 Å². The molecule has 0 aliphatic rings. The van der Waals surface area contributed by atoms with Gasteiger partial charge in [0.1, 0.15) is 0 Å². The Bertz CT molecular complexity index is 15.0. The Labute approximate surface area is 66.6 Å². The van der Waals surface area contributed by atoms with Gasteiger partial charge in [0.05, 0.1) is 0 Å². The van der Waals surface area contributed by atoms with E-state index in [4.69, 9.17) is 11.6 Å². The van der Waals surface area contributed by atoms with E-state index in [1.165, 1.54) is 0 Å². The summed E-state index contributed by atoms with van der Waals surface area (Å²) in [5.74, 6) is 0.753. The maximum atomic E-state index is 5.26. The summed E-state index contributed by atoms with van der Waals surface area (Å²) in [6.45, 7) is 3.59. The van der Waals surface area contributed by atoms with Crippen LogP contribution in [-0.4, -0.2) is 5.88 Å². The maximum Gasteiger partial charge on any atom is 1.00 e. The molecule has 0 aromatic carbocycles. The molecule has 0 aromatic rings. The van der Waals surface area contributed by atoms with E-state index in [-0.39, 0.29) is 29.6 Å². The molecule has 0 fully saturated rings. The zero-order chi connectivity index (χ0) is 4.12. The van der Waals surface area contributed by atoms with Gasteiger partial charge in [-0.1, -0.05) is 6.42 Å². The molecule has 0 spiro atoms. The molecule has 0 N–H and O–H groups in total. The van der Waals surface area contributed by atoms with Crippen LogP contribution in [0.3, 0.4) is 0 Å². The summed E-state index contributed by atoms with van der Waals surface area (Å²) in [6.07, 6.45) is 2.01. The van der Waals surface area contributed by atoms with Gasteiger partial charge >= 0.3 is 29.6 Å². The number of hydrogen-bond acceptors (Lipinski definition) is 0. The molecule has 0 amide bonds. The molecule has 0 rings (SSSR count). The van der Waals surface area contributed by atoms with Gasteiger partial charge in [0.25, 0.3) is 0 Å². The molecule has 0 unspecified atom stereocenters. The third kappa shape index (κ3) is 8.99. The second kappa shape index (κ2) is 9.56. The van der Waals surface area contributed by atoms with Crippen molar-refractivity contribution in [3.8, 4) is 0 Å². The van der Waals surface area contributed by atoms with E-state index in [1.54, 1.807) is 0 Å². The average molecular weight is 115 g/mol. The summed E-state index contributed by atoms with van der Waals surface area (Å²) < 4.78 is 0. The molecule has 0 nitrogen and oxygen atoms in total.